The summed E-state index contributed by atoms with van der Waals surface area (Å²) in [5.74, 6) is 2.15. The number of hydrogen-bond acceptors (Lipinski definition) is 8. The molecule has 3 N–H and O–H groups in total. The number of anilines is 1. The number of carbonyl (C=O) groups excluding carboxylic acids is 1. The lowest BCUT2D eigenvalue weighted by atomic mass is 10.1. The first-order chi connectivity index (χ1) is 13.1. The van der Waals surface area contributed by atoms with Gasteiger partial charge in [-0.1, -0.05) is 5.92 Å². The maximum Gasteiger partial charge on any atom is 0.412 e. The number of hydrogen-bond donors (Lipinski definition) is 3. The van der Waals surface area contributed by atoms with Gasteiger partial charge in [-0.05, 0) is 20.8 Å². The molecule has 1 aromatic heterocycles. The first-order valence-corrected chi connectivity index (χ1v) is 8.70. The molecule has 0 aliphatic carbocycles. The maximum atomic E-state index is 12.3. The zero-order valence-electron chi connectivity index (χ0n) is 16.2. The highest BCUT2D eigenvalue weighted by Gasteiger charge is 2.42. The molecule has 0 bridgehead atoms. The van der Waals surface area contributed by atoms with Crippen molar-refractivity contribution in [1.82, 2.24) is 9.55 Å². The molecule has 4 atom stereocenters. The molecule has 28 heavy (non-hydrogen) atoms. The summed E-state index contributed by atoms with van der Waals surface area (Å²) in [6.45, 7) is 5.35. The minimum absolute atomic E-state index is 0.0821. The number of rotatable bonds is 6. The van der Waals surface area contributed by atoms with Crippen molar-refractivity contribution in [2.45, 2.75) is 57.3 Å². The topological polar surface area (TPSA) is 132 Å². The van der Waals surface area contributed by atoms with E-state index in [0.717, 1.165) is 4.57 Å². The Hall–Kier alpha value is -2.45. The van der Waals surface area contributed by atoms with Crippen molar-refractivity contribution >= 4 is 11.9 Å². The predicted molar refractivity (Wildman–Crippen MR) is 98.7 cm³/mol. The molecule has 1 fully saturated rings. The van der Waals surface area contributed by atoms with E-state index in [0.29, 0.717) is 6.42 Å². The second kappa shape index (κ2) is 8.70. The lowest BCUT2D eigenvalue weighted by molar-refractivity contribution is -0.0350. The Morgan fingerprint density at radius 3 is 2.68 bits per heavy atom. The van der Waals surface area contributed by atoms with E-state index < -0.39 is 41.9 Å². The Morgan fingerprint density at radius 1 is 1.46 bits per heavy atom. The fourth-order valence-electron chi connectivity index (χ4n) is 2.53. The van der Waals surface area contributed by atoms with Crippen molar-refractivity contribution in [2.75, 3.05) is 19.0 Å². The molecular formula is C18H25N3O7. The van der Waals surface area contributed by atoms with Crippen LogP contribution in [-0.4, -0.2) is 63.5 Å². The number of aromatic nitrogens is 2. The highest BCUT2D eigenvalue weighted by atomic mass is 16.6. The van der Waals surface area contributed by atoms with Crippen LogP contribution in [0, 0.1) is 12.3 Å². The van der Waals surface area contributed by atoms with Gasteiger partial charge in [-0.15, -0.1) is 6.42 Å². The fraction of sp³-hybridized carbons (Fsp3) is 0.611. The summed E-state index contributed by atoms with van der Waals surface area (Å²) in [5.41, 5.74) is -1.19. The first kappa shape index (κ1) is 21.8. The number of methoxy groups -OCH3 is 1. The Bertz CT molecular complexity index is 814. The summed E-state index contributed by atoms with van der Waals surface area (Å²) in [7, 11) is 1.56. The Kier molecular flexibility index (Phi) is 6.79. The predicted octanol–water partition coefficient (Wildman–Crippen LogP) is 0.227. The summed E-state index contributed by atoms with van der Waals surface area (Å²) in [5, 5.41) is 22.2. The van der Waals surface area contributed by atoms with Crippen molar-refractivity contribution in [1.29, 1.82) is 0 Å². The molecule has 2 unspecified atom stereocenters. The van der Waals surface area contributed by atoms with E-state index in [1.807, 2.05) is 13.8 Å². The monoisotopic (exact) mass is 395 g/mol. The van der Waals surface area contributed by atoms with E-state index in [4.69, 9.17) is 20.6 Å². The molecule has 2 rings (SSSR count). The molecule has 1 aromatic rings. The average Bonchev–Trinajstić information content (AvgIpc) is 2.89. The van der Waals surface area contributed by atoms with E-state index in [2.05, 4.69) is 16.2 Å². The van der Waals surface area contributed by atoms with Crippen LogP contribution in [0.3, 0.4) is 0 Å². The minimum Gasteiger partial charge on any atom is -0.449 e. The largest absolute Gasteiger partial charge is 0.449 e. The number of aliphatic hydroxyl groups excluding tert-OH is 2. The van der Waals surface area contributed by atoms with Gasteiger partial charge in [0.15, 0.2) is 12.0 Å². The summed E-state index contributed by atoms with van der Waals surface area (Å²) >= 11 is 0. The van der Waals surface area contributed by atoms with E-state index in [1.54, 1.807) is 14.0 Å². The van der Waals surface area contributed by atoms with Crippen molar-refractivity contribution in [3.05, 3.63) is 22.2 Å². The highest BCUT2D eigenvalue weighted by molar-refractivity contribution is 5.84. The molecular weight excluding hydrogens is 370 g/mol. The third-order valence-electron chi connectivity index (χ3n) is 4.57. The zero-order chi connectivity index (χ0) is 21.1. The van der Waals surface area contributed by atoms with Gasteiger partial charge in [-0.25, -0.2) is 9.59 Å². The Morgan fingerprint density at radius 2 is 2.14 bits per heavy atom. The molecule has 0 aromatic carbocycles. The van der Waals surface area contributed by atoms with Crippen LogP contribution in [0.4, 0.5) is 10.6 Å². The van der Waals surface area contributed by atoms with Gasteiger partial charge in [0.1, 0.15) is 12.2 Å². The summed E-state index contributed by atoms with van der Waals surface area (Å²) in [6, 6.07) is 0. The molecule has 0 saturated carbocycles. The maximum absolute atomic E-state index is 12.3. The number of carbonyl (C=O) groups is 1. The standard InChI is InChI=1S/C18H25N3O7/c1-6-11-9-21(15-13(23)12(22)10(2)28-15)16(24)19-14(11)20-17(25)27-8-7-18(3,4)26-5/h1,9-10,12-13,15,22-23H,7-8H2,2-5H3,(H,19,20,24,25)/t10-,12?,13?,15-/m1/s1. The number of terminal acetylenes is 1. The van der Waals surface area contributed by atoms with E-state index in [-0.39, 0.29) is 18.0 Å². The van der Waals surface area contributed by atoms with Gasteiger partial charge in [-0.3, -0.25) is 9.88 Å². The van der Waals surface area contributed by atoms with Crippen molar-refractivity contribution in [2.24, 2.45) is 0 Å². The lowest BCUT2D eigenvalue weighted by Gasteiger charge is -2.22. The van der Waals surface area contributed by atoms with E-state index in [9.17, 15) is 19.8 Å². The number of nitrogens with one attached hydrogen (secondary N) is 1. The van der Waals surface area contributed by atoms with Crippen LogP contribution in [0.1, 0.15) is 39.0 Å². The van der Waals surface area contributed by atoms with Crippen LogP contribution in [-0.2, 0) is 14.2 Å². The van der Waals surface area contributed by atoms with Crippen LogP contribution >= 0.6 is 0 Å². The smallest absolute Gasteiger partial charge is 0.412 e. The number of amides is 1. The van der Waals surface area contributed by atoms with E-state index in [1.165, 1.54) is 6.20 Å². The fourth-order valence-corrected chi connectivity index (χ4v) is 2.53. The Balaban J connectivity index is 2.13. The molecule has 2 heterocycles. The molecule has 154 valence electrons. The van der Waals surface area contributed by atoms with Gasteiger partial charge in [0.05, 0.1) is 23.9 Å². The number of nitrogens with zero attached hydrogens (tertiary/aromatic N) is 2. The van der Waals surface area contributed by atoms with Gasteiger partial charge in [0.2, 0.25) is 0 Å². The van der Waals surface area contributed by atoms with Gasteiger partial charge < -0.3 is 24.4 Å². The van der Waals surface area contributed by atoms with Crippen LogP contribution in [0.15, 0.2) is 11.0 Å². The number of aliphatic hydroxyl groups is 2. The van der Waals surface area contributed by atoms with Gasteiger partial charge >= 0.3 is 11.8 Å². The second-order valence-electron chi connectivity index (χ2n) is 7.03. The Labute approximate surface area is 162 Å². The SMILES string of the molecule is C#Cc1cn([C@@H]2O[C@H](C)C(O)C2O)c(=O)nc1NC(=O)OCCC(C)(C)OC. The molecule has 1 saturated heterocycles. The van der Waals surface area contributed by atoms with Crippen LogP contribution < -0.4 is 11.0 Å². The second-order valence-corrected chi connectivity index (χ2v) is 7.03. The van der Waals surface area contributed by atoms with Gasteiger partial charge in [-0.2, -0.15) is 4.98 Å². The number of ether oxygens (including phenoxy) is 3. The molecule has 0 radical (unpaired) electrons. The summed E-state index contributed by atoms with van der Waals surface area (Å²) in [6.07, 6.45) is 2.00. The molecule has 1 aliphatic heterocycles. The van der Waals surface area contributed by atoms with Crippen LogP contribution in [0.5, 0.6) is 0 Å². The summed E-state index contributed by atoms with van der Waals surface area (Å²) in [4.78, 5) is 28.0. The third kappa shape index (κ3) is 4.88. The average molecular weight is 395 g/mol. The zero-order valence-corrected chi connectivity index (χ0v) is 16.2. The van der Waals surface area contributed by atoms with Crippen LogP contribution in [0.25, 0.3) is 0 Å². The molecule has 0 spiro atoms. The normalized spacial score (nSPS) is 24.6. The van der Waals surface area contributed by atoms with Crippen molar-refractivity contribution in [3.63, 3.8) is 0 Å². The van der Waals surface area contributed by atoms with Gasteiger partial charge in [0.25, 0.3) is 0 Å². The van der Waals surface area contributed by atoms with Gasteiger partial charge in [0, 0.05) is 19.7 Å². The summed E-state index contributed by atoms with van der Waals surface area (Å²) < 4.78 is 16.7. The van der Waals surface area contributed by atoms with Crippen molar-refractivity contribution in [3.8, 4) is 12.3 Å². The van der Waals surface area contributed by atoms with Crippen molar-refractivity contribution < 1.29 is 29.2 Å². The molecule has 10 nitrogen and oxygen atoms in total. The molecule has 10 heteroatoms. The molecule has 1 aliphatic rings. The minimum atomic E-state index is -1.33. The highest BCUT2D eigenvalue weighted by Crippen LogP contribution is 2.28. The lowest BCUT2D eigenvalue weighted by Crippen LogP contribution is -2.36. The third-order valence-corrected chi connectivity index (χ3v) is 4.57. The molecule has 1 amide bonds. The quantitative estimate of drug-likeness (QED) is 0.583. The first-order valence-electron chi connectivity index (χ1n) is 8.70. The van der Waals surface area contributed by atoms with E-state index >= 15 is 0 Å². The van der Waals surface area contributed by atoms with Crippen LogP contribution in [0.2, 0.25) is 0 Å².